The van der Waals surface area contributed by atoms with E-state index < -0.39 is 12.0 Å². The average Bonchev–Trinajstić information content (AvgIpc) is 2.24. The number of rotatable bonds is 4. The Balaban J connectivity index is 2.86. The first kappa shape index (κ1) is 13.7. The monoisotopic (exact) mass is 299 g/mol. The molecule has 5 heteroatoms. The van der Waals surface area contributed by atoms with Gasteiger partial charge in [0.05, 0.1) is 0 Å². The smallest absolute Gasteiger partial charge is 0.326 e. The van der Waals surface area contributed by atoms with Crippen LogP contribution >= 0.6 is 15.9 Å². The molecule has 0 aliphatic carbocycles. The molecule has 0 aliphatic rings. The molecule has 2 N–H and O–H groups in total. The van der Waals surface area contributed by atoms with E-state index in [0.29, 0.717) is 12.0 Å². The second kappa shape index (κ2) is 5.82. The minimum atomic E-state index is -1.02. The molecular formula is C12H14BrNO3. The molecule has 1 atom stereocenters. The first-order valence-corrected chi connectivity index (χ1v) is 6.04. The number of hydrogen-bond acceptors (Lipinski definition) is 2. The summed E-state index contributed by atoms with van der Waals surface area (Å²) < 4.78 is 0.886. The van der Waals surface area contributed by atoms with Crippen molar-refractivity contribution in [2.75, 3.05) is 0 Å². The molecule has 1 aromatic rings. The van der Waals surface area contributed by atoms with Crippen molar-refractivity contribution in [2.45, 2.75) is 26.3 Å². The van der Waals surface area contributed by atoms with Gasteiger partial charge in [-0.05, 0) is 37.1 Å². The van der Waals surface area contributed by atoms with Crippen molar-refractivity contribution in [3.05, 3.63) is 33.8 Å². The SMILES string of the molecule is CC[C@@H](NC(=O)c1ccc(Br)cc1C)C(=O)O. The number of aliphatic carboxylic acids is 1. The number of nitrogens with one attached hydrogen (secondary N) is 1. The number of amides is 1. The first-order chi connectivity index (χ1) is 7.95. The number of benzene rings is 1. The molecule has 4 nitrogen and oxygen atoms in total. The van der Waals surface area contributed by atoms with Crippen LogP contribution in [0.4, 0.5) is 0 Å². The molecule has 0 bridgehead atoms. The second-order valence-electron chi connectivity index (χ2n) is 3.73. The van der Waals surface area contributed by atoms with E-state index in [2.05, 4.69) is 21.2 Å². The standard InChI is InChI=1S/C12H14BrNO3/c1-3-10(12(16)17)14-11(15)9-5-4-8(13)6-7(9)2/h4-6,10H,3H2,1-2H3,(H,14,15)(H,16,17)/t10-/m1/s1. The summed E-state index contributed by atoms with van der Waals surface area (Å²) in [4.78, 5) is 22.7. The van der Waals surface area contributed by atoms with Crippen LogP contribution in [0.15, 0.2) is 22.7 Å². The van der Waals surface area contributed by atoms with Gasteiger partial charge in [0, 0.05) is 10.0 Å². The van der Waals surface area contributed by atoms with E-state index in [0.717, 1.165) is 10.0 Å². The van der Waals surface area contributed by atoms with Gasteiger partial charge in [0.2, 0.25) is 0 Å². The van der Waals surface area contributed by atoms with E-state index in [1.807, 2.05) is 6.07 Å². The third-order valence-electron chi connectivity index (χ3n) is 2.44. The Bertz CT molecular complexity index is 445. The average molecular weight is 300 g/mol. The van der Waals surface area contributed by atoms with Crippen LogP contribution in [0.3, 0.4) is 0 Å². The highest BCUT2D eigenvalue weighted by Crippen LogP contribution is 2.16. The summed E-state index contributed by atoms with van der Waals surface area (Å²) in [6.45, 7) is 3.52. The summed E-state index contributed by atoms with van der Waals surface area (Å²) in [6.07, 6.45) is 0.358. The van der Waals surface area contributed by atoms with Crippen LogP contribution in [0.2, 0.25) is 0 Å². The lowest BCUT2D eigenvalue weighted by molar-refractivity contribution is -0.139. The van der Waals surface area contributed by atoms with Crippen molar-refractivity contribution in [3.8, 4) is 0 Å². The Morgan fingerprint density at radius 3 is 2.59 bits per heavy atom. The quantitative estimate of drug-likeness (QED) is 0.897. The number of carbonyl (C=O) groups is 2. The Labute approximate surface area is 108 Å². The zero-order valence-electron chi connectivity index (χ0n) is 9.66. The summed E-state index contributed by atoms with van der Waals surface area (Å²) in [5, 5.41) is 11.3. The molecule has 0 heterocycles. The van der Waals surface area contributed by atoms with E-state index in [1.165, 1.54) is 0 Å². The predicted molar refractivity (Wildman–Crippen MR) is 68.1 cm³/mol. The minimum Gasteiger partial charge on any atom is -0.480 e. The van der Waals surface area contributed by atoms with Gasteiger partial charge >= 0.3 is 5.97 Å². The summed E-state index contributed by atoms with van der Waals surface area (Å²) >= 11 is 3.31. The molecule has 0 unspecified atom stereocenters. The Hall–Kier alpha value is -1.36. The van der Waals surface area contributed by atoms with Crippen molar-refractivity contribution in [1.29, 1.82) is 0 Å². The Morgan fingerprint density at radius 2 is 2.12 bits per heavy atom. The first-order valence-electron chi connectivity index (χ1n) is 5.25. The van der Waals surface area contributed by atoms with Crippen LogP contribution in [0, 0.1) is 6.92 Å². The third kappa shape index (κ3) is 3.56. The fourth-order valence-electron chi connectivity index (χ4n) is 1.46. The van der Waals surface area contributed by atoms with Crippen LogP contribution in [-0.4, -0.2) is 23.0 Å². The number of carbonyl (C=O) groups excluding carboxylic acids is 1. The molecule has 92 valence electrons. The van der Waals surface area contributed by atoms with Crippen LogP contribution in [0.5, 0.6) is 0 Å². The Morgan fingerprint density at radius 1 is 1.47 bits per heavy atom. The van der Waals surface area contributed by atoms with Crippen molar-refractivity contribution < 1.29 is 14.7 Å². The highest BCUT2D eigenvalue weighted by Gasteiger charge is 2.19. The molecule has 17 heavy (non-hydrogen) atoms. The van der Waals surface area contributed by atoms with E-state index in [-0.39, 0.29) is 5.91 Å². The molecule has 1 amide bonds. The summed E-state index contributed by atoms with van der Waals surface area (Å²) in [5.41, 5.74) is 1.30. The molecule has 1 rings (SSSR count). The topological polar surface area (TPSA) is 66.4 Å². The second-order valence-corrected chi connectivity index (χ2v) is 4.65. The molecule has 0 aliphatic heterocycles. The van der Waals surface area contributed by atoms with Gasteiger partial charge in [0.25, 0.3) is 5.91 Å². The highest BCUT2D eigenvalue weighted by molar-refractivity contribution is 9.10. The number of hydrogen-bond donors (Lipinski definition) is 2. The maximum atomic E-state index is 11.9. The van der Waals surface area contributed by atoms with Crippen molar-refractivity contribution in [2.24, 2.45) is 0 Å². The molecule has 0 radical (unpaired) electrons. The van der Waals surface area contributed by atoms with Gasteiger partial charge in [-0.2, -0.15) is 0 Å². The number of carboxylic acids is 1. The molecule has 0 fully saturated rings. The van der Waals surface area contributed by atoms with Crippen molar-refractivity contribution in [1.82, 2.24) is 5.32 Å². The van der Waals surface area contributed by atoms with Gasteiger partial charge in [-0.25, -0.2) is 4.79 Å². The number of carboxylic acid groups (broad SMARTS) is 1. The van der Waals surface area contributed by atoms with Crippen LogP contribution in [0.25, 0.3) is 0 Å². The van der Waals surface area contributed by atoms with Gasteiger partial charge in [-0.15, -0.1) is 0 Å². The van der Waals surface area contributed by atoms with Crippen molar-refractivity contribution in [3.63, 3.8) is 0 Å². The largest absolute Gasteiger partial charge is 0.480 e. The third-order valence-corrected chi connectivity index (χ3v) is 2.94. The lowest BCUT2D eigenvalue weighted by atomic mass is 10.1. The zero-order chi connectivity index (χ0) is 13.0. The zero-order valence-corrected chi connectivity index (χ0v) is 11.2. The van der Waals surface area contributed by atoms with Gasteiger partial charge in [0.1, 0.15) is 6.04 Å². The van der Waals surface area contributed by atoms with E-state index >= 15 is 0 Å². The van der Waals surface area contributed by atoms with E-state index in [1.54, 1.807) is 26.0 Å². The Kier molecular flexibility index (Phi) is 4.69. The summed E-state index contributed by atoms with van der Waals surface area (Å²) in [7, 11) is 0. The number of halogens is 1. The molecule has 0 saturated carbocycles. The lowest BCUT2D eigenvalue weighted by Crippen LogP contribution is -2.40. The molecule has 0 saturated heterocycles. The molecule has 0 spiro atoms. The lowest BCUT2D eigenvalue weighted by Gasteiger charge is -2.13. The van der Waals surface area contributed by atoms with Gasteiger partial charge in [-0.3, -0.25) is 4.79 Å². The van der Waals surface area contributed by atoms with Gasteiger partial charge in [-0.1, -0.05) is 22.9 Å². The molecule has 0 aromatic heterocycles. The predicted octanol–water partition coefficient (Wildman–Crippen LogP) is 2.35. The van der Waals surface area contributed by atoms with Crippen LogP contribution in [-0.2, 0) is 4.79 Å². The summed E-state index contributed by atoms with van der Waals surface area (Å²) in [6, 6.07) is 4.40. The minimum absolute atomic E-state index is 0.357. The maximum Gasteiger partial charge on any atom is 0.326 e. The normalized spacial score (nSPS) is 11.9. The summed E-state index contributed by atoms with van der Waals surface area (Å²) in [5.74, 6) is -1.38. The van der Waals surface area contributed by atoms with Gasteiger partial charge < -0.3 is 10.4 Å². The van der Waals surface area contributed by atoms with E-state index in [9.17, 15) is 9.59 Å². The highest BCUT2D eigenvalue weighted by atomic mass is 79.9. The fraction of sp³-hybridized carbons (Fsp3) is 0.333. The fourth-order valence-corrected chi connectivity index (χ4v) is 1.93. The van der Waals surface area contributed by atoms with Crippen molar-refractivity contribution >= 4 is 27.8 Å². The maximum absolute atomic E-state index is 11.9. The van der Waals surface area contributed by atoms with Gasteiger partial charge in [0.15, 0.2) is 0 Å². The molecule has 1 aromatic carbocycles. The van der Waals surface area contributed by atoms with E-state index in [4.69, 9.17) is 5.11 Å². The van der Waals surface area contributed by atoms with Crippen LogP contribution < -0.4 is 5.32 Å². The van der Waals surface area contributed by atoms with Crippen LogP contribution in [0.1, 0.15) is 29.3 Å². The number of aryl methyl sites for hydroxylation is 1. The molecular weight excluding hydrogens is 286 g/mol.